The summed E-state index contributed by atoms with van der Waals surface area (Å²) in [7, 11) is 1.95. The molecule has 1 heterocycles. The van der Waals surface area contributed by atoms with Crippen molar-refractivity contribution in [3.63, 3.8) is 0 Å². The number of nitrogens with two attached hydrogens (primary N) is 1. The fraction of sp³-hybridized carbons (Fsp3) is 0.357. The lowest BCUT2D eigenvalue weighted by molar-refractivity contribution is 0.637. The third-order valence-corrected chi connectivity index (χ3v) is 3.39. The molecule has 1 aromatic heterocycles. The quantitative estimate of drug-likeness (QED) is 0.925. The Morgan fingerprint density at radius 1 is 1.33 bits per heavy atom. The molecule has 0 bridgehead atoms. The molecular weight excluding hydrogens is 246 g/mol. The van der Waals surface area contributed by atoms with Crippen molar-refractivity contribution < 1.29 is 0 Å². The van der Waals surface area contributed by atoms with Crippen molar-refractivity contribution in [3.05, 3.63) is 51.8 Å². The average Bonchev–Trinajstić information content (AvgIpc) is 2.57. The highest BCUT2D eigenvalue weighted by Crippen LogP contribution is 2.22. The summed E-state index contributed by atoms with van der Waals surface area (Å²) in [5.41, 5.74) is 10.7. The Labute approximate surface area is 113 Å². The van der Waals surface area contributed by atoms with Gasteiger partial charge in [0.05, 0.1) is 5.69 Å². The van der Waals surface area contributed by atoms with Gasteiger partial charge in [-0.2, -0.15) is 5.10 Å². The minimum atomic E-state index is -0.0305. The predicted octanol–water partition coefficient (Wildman–Crippen LogP) is 2.93. The molecule has 2 rings (SSSR count). The van der Waals surface area contributed by atoms with Gasteiger partial charge in [0.2, 0.25) is 0 Å². The molecule has 2 aromatic rings. The van der Waals surface area contributed by atoms with E-state index in [0.717, 1.165) is 34.0 Å². The molecule has 1 atom stereocenters. The van der Waals surface area contributed by atoms with Crippen LogP contribution in [0.1, 0.15) is 28.6 Å². The van der Waals surface area contributed by atoms with Gasteiger partial charge in [0.25, 0.3) is 0 Å². The summed E-state index contributed by atoms with van der Waals surface area (Å²) in [5.74, 6) is 0. The van der Waals surface area contributed by atoms with Crippen molar-refractivity contribution in [1.82, 2.24) is 9.78 Å². The summed E-state index contributed by atoms with van der Waals surface area (Å²) in [6.07, 6.45) is 0.778. The molecule has 2 N–H and O–H groups in total. The standard InChI is InChI=1S/C14H18ClN3/c1-9-6-11(15)4-5-13(9)14(16)8-12-7-10(2)17-18(12)3/h4-7,14H,8,16H2,1-3H3. The highest BCUT2D eigenvalue weighted by atomic mass is 35.5. The maximum Gasteiger partial charge on any atom is 0.0596 e. The number of rotatable bonds is 3. The van der Waals surface area contributed by atoms with E-state index in [1.807, 2.05) is 43.8 Å². The number of hydrogen-bond donors (Lipinski definition) is 1. The lowest BCUT2D eigenvalue weighted by atomic mass is 9.98. The predicted molar refractivity (Wildman–Crippen MR) is 74.8 cm³/mol. The molecule has 0 saturated carbocycles. The molecule has 0 amide bonds. The molecule has 1 unspecified atom stereocenters. The smallest absolute Gasteiger partial charge is 0.0596 e. The SMILES string of the molecule is Cc1cc(CC(N)c2ccc(Cl)cc2C)n(C)n1. The number of aryl methyl sites for hydroxylation is 3. The van der Waals surface area contributed by atoms with Crippen molar-refractivity contribution in [2.75, 3.05) is 0 Å². The van der Waals surface area contributed by atoms with Crippen LogP contribution in [0.3, 0.4) is 0 Å². The topological polar surface area (TPSA) is 43.8 Å². The van der Waals surface area contributed by atoms with Gasteiger partial charge in [-0.05, 0) is 43.2 Å². The van der Waals surface area contributed by atoms with Crippen LogP contribution in [0.4, 0.5) is 0 Å². The fourth-order valence-electron chi connectivity index (χ4n) is 2.25. The van der Waals surface area contributed by atoms with Crippen LogP contribution in [0.25, 0.3) is 0 Å². The normalized spacial score (nSPS) is 12.7. The summed E-state index contributed by atoms with van der Waals surface area (Å²) in [6.45, 7) is 4.03. The fourth-order valence-corrected chi connectivity index (χ4v) is 2.47. The second kappa shape index (κ2) is 5.12. The number of halogens is 1. The van der Waals surface area contributed by atoms with Crippen molar-refractivity contribution in [3.8, 4) is 0 Å². The summed E-state index contributed by atoms with van der Waals surface area (Å²) in [6, 6.07) is 7.89. The van der Waals surface area contributed by atoms with E-state index >= 15 is 0 Å². The zero-order valence-corrected chi connectivity index (χ0v) is 11.7. The molecular formula is C14H18ClN3. The molecule has 3 nitrogen and oxygen atoms in total. The molecule has 0 saturated heterocycles. The molecule has 0 aliphatic carbocycles. The number of nitrogens with zero attached hydrogens (tertiary/aromatic N) is 2. The molecule has 0 radical (unpaired) electrons. The van der Waals surface area contributed by atoms with E-state index in [1.54, 1.807) is 0 Å². The van der Waals surface area contributed by atoms with E-state index in [0.29, 0.717) is 0 Å². The number of hydrogen-bond acceptors (Lipinski definition) is 2. The van der Waals surface area contributed by atoms with E-state index in [1.165, 1.54) is 0 Å². The van der Waals surface area contributed by atoms with Gasteiger partial charge in [-0.3, -0.25) is 4.68 Å². The van der Waals surface area contributed by atoms with Crippen LogP contribution in [0, 0.1) is 13.8 Å². The van der Waals surface area contributed by atoms with Crippen molar-refractivity contribution in [2.45, 2.75) is 26.3 Å². The van der Waals surface area contributed by atoms with Gasteiger partial charge in [-0.1, -0.05) is 17.7 Å². The first-order valence-corrected chi connectivity index (χ1v) is 6.36. The van der Waals surface area contributed by atoms with Crippen molar-refractivity contribution in [2.24, 2.45) is 12.8 Å². The van der Waals surface area contributed by atoms with Crippen LogP contribution in [0.5, 0.6) is 0 Å². The Hall–Kier alpha value is -1.32. The first-order chi connectivity index (χ1) is 8.47. The van der Waals surface area contributed by atoms with Gasteiger partial charge in [0.15, 0.2) is 0 Å². The minimum Gasteiger partial charge on any atom is -0.324 e. The third-order valence-electron chi connectivity index (χ3n) is 3.16. The minimum absolute atomic E-state index is 0.0305. The van der Waals surface area contributed by atoms with Gasteiger partial charge in [0.1, 0.15) is 0 Å². The second-order valence-corrected chi connectivity index (χ2v) is 5.15. The summed E-state index contributed by atoms with van der Waals surface area (Å²) >= 11 is 5.96. The summed E-state index contributed by atoms with van der Waals surface area (Å²) < 4.78 is 1.89. The van der Waals surface area contributed by atoms with Crippen LogP contribution in [0.15, 0.2) is 24.3 Å². The summed E-state index contributed by atoms with van der Waals surface area (Å²) in [5, 5.41) is 5.08. The Bertz CT molecular complexity index is 560. The monoisotopic (exact) mass is 263 g/mol. The van der Waals surface area contributed by atoms with Gasteiger partial charge >= 0.3 is 0 Å². The Balaban J connectivity index is 2.21. The zero-order valence-electron chi connectivity index (χ0n) is 10.9. The highest BCUT2D eigenvalue weighted by Gasteiger charge is 2.12. The second-order valence-electron chi connectivity index (χ2n) is 4.71. The highest BCUT2D eigenvalue weighted by molar-refractivity contribution is 6.30. The maximum atomic E-state index is 6.27. The summed E-state index contributed by atoms with van der Waals surface area (Å²) in [4.78, 5) is 0. The molecule has 0 aliphatic heterocycles. The van der Waals surface area contributed by atoms with Crippen LogP contribution >= 0.6 is 11.6 Å². The first-order valence-electron chi connectivity index (χ1n) is 5.98. The lowest BCUT2D eigenvalue weighted by Gasteiger charge is -2.15. The van der Waals surface area contributed by atoms with Crippen LogP contribution in [0.2, 0.25) is 5.02 Å². The molecule has 0 aliphatic rings. The van der Waals surface area contributed by atoms with Gasteiger partial charge < -0.3 is 5.73 Å². The van der Waals surface area contributed by atoms with E-state index in [4.69, 9.17) is 17.3 Å². The maximum absolute atomic E-state index is 6.27. The number of aromatic nitrogens is 2. The lowest BCUT2D eigenvalue weighted by Crippen LogP contribution is -2.16. The molecule has 0 fully saturated rings. The Kier molecular flexibility index (Phi) is 3.73. The molecule has 1 aromatic carbocycles. The van der Waals surface area contributed by atoms with Crippen LogP contribution in [-0.4, -0.2) is 9.78 Å². The van der Waals surface area contributed by atoms with Gasteiger partial charge in [-0.15, -0.1) is 0 Å². The van der Waals surface area contributed by atoms with Gasteiger partial charge in [-0.25, -0.2) is 0 Å². The molecule has 4 heteroatoms. The third kappa shape index (κ3) is 2.74. The average molecular weight is 264 g/mol. The van der Waals surface area contributed by atoms with Crippen LogP contribution in [-0.2, 0) is 13.5 Å². The van der Waals surface area contributed by atoms with E-state index in [2.05, 4.69) is 11.2 Å². The van der Waals surface area contributed by atoms with E-state index < -0.39 is 0 Å². The molecule has 18 heavy (non-hydrogen) atoms. The Morgan fingerprint density at radius 2 is 2.06 bits per heavy atom. The Morgan fingerprint density at radius 3 is 2.61 bits per heavy atom. The van der Waals surface area contributed by atoms with Crippen molar-refractivity contribution >= 4 is 11.6 Å². The first kappa shape index (κ1) is 13.1. The van der Waals surface area contributed by atoms with Crippen molar-refractivity contribution in [1.29, 1.82) is 0 Å². The van der Waals surface area contributed by atoms with E-state index in [-0.39, 0.29) is 6.04 Å². The van der Waals surface area contributed by atoms with Gasteiger partial charge in [0, 0.05) is 30.2 Å². The van der Waals surface area contributed by atoms with E-state index in [9.17, 15) is 0 Å². The zero-order chi connectivity index (χ0) is 13.3. The molecule has 0 spiro atoms. The van der Waals surface area contributed by atoms with Crippen LogP contribution < -0.4 is 5.73 Å². The largest absolute Gasteiger partial charge is 0.324 e. The molecule has 96 valence electrons. The number of benzene rings is 1.